The van der Waals surface area contributed by atoms with Gasteiger partial charge in [0, 0.05) is 31.9 Å². The van der Waals surface area contributed by atoms with Crippen LogP contribution in [0.25, 0.3) is 0 Å². The number of sulfonamides is 1. The maximum atomic E-state index is 12.3. The van der Waals surface area contributed by atoms with Crippen molar-refractivity contribution in [1.82, 2.24) is 4.31 Å². The third kappa shape index (κ3) is 4.02. The average Bonchev–Trinajstić information content (AvgIpc) is 2.53. The predicted molar refractivity (Wildman–Crippen MR) is 93.0 cm³/mol. The molecule has 0 spiro atoms. The summed E-state index contributed by atoms with van der Waals surface area (Å²) < 4.78 is 26.2. The Kier molecular flexibility index (Phi) is 5.87. The molecule has 0 unspecified atom stereocenters. The minimum absolute atomic E-state index is 0.284. The van der Waals surface area contributed by atoms with Gasteiger partial charge in [0.15, 0.2) is 0 Å². The Morgan fingerprint density at radius 2 is 1.73 bits per heavy atom. The number of rotatable bonds is 6. The topological polar surface area (TPSA) is 40.6 Å². The summed E-state index contributed by atoms with van der Waals surface area (Å²) in [6.07, 6.45) is 1.67. The van der Waals surface area contributed by atoms with Gasteiger partial charge in [-0.3, -0.25) is 0 Å². The SMILES string of the molecule is CCCCS(=O)(=O)N1CCN(c2ccccc2C(C)C)CC1. The van der Waals surface area contributed by atoms with Gasteiger partial charge in [-0.25, -0.2) is 8.42 Å². The van der Waals surface area contributed by atoms with E-state index in [1.54, 1.807) is 4.31 Å². The van der Waals surface area contributed by atoms with Gasteiger partial charge in [-0.05, 0) is 24.0 Å². The molecule has 1 heterocycles. The van der Waals surface area contributed by atoms with Gasteiger partial charge in [0.2, 0.25) is 10.0 Å². The molecule has 1 saturated heterocycles. The number of anilines is 1. The molecule has 0 aliphatic carbocycles. The highest BCUT2D eigenvalue weighted by molar-refractivity contribution is 7.89. The molecule has 4 nitrogen and oxygen atoms in total. The number of para-hydroxylation sites is 1. The Hall–Kier alpha value is -1.07. The van der Waals surface area contributed by atoms with Gasteiger partial charge in [-0.15, -0.1) is 0 Å². The lowest BCUT2D eigenvalue weighted by Crippen LogP contribution is -2.49. The van der Waals surface area contributed by atoms with E-state index < -0.39 is 10.0 Å². The molecule has 1 aromatic rings. The molecule has 5 heteroatoms. The highest BCUT2D eigenvalue weighted by atomic mass is 32.2. The predicted octanol–water partition coefficient (Wildman–Crippen LogP) is 3.06. The molecular formula is C17H28N2O2S. The zero-order chi connectivity index (χ0) is 16.2. The fourth-order valence-corrected chi connectivity index (χ4v) is 4.56. The molecule has 1 aliphatic rings. The maximum absolute atomic E-state index is 12.3. The number of hydrogen-bond donors (Lipinski definition) is 0. The lowest BCUT2D eigenvalue weighted by molar-refractivity contribution is 0.384. The Bertz CT molecular complexity index is 576. The van der Waals surface area contributed by atoms with Crippen molar-refractivity contribution in [3.05, 3.63) is 29.8 Å². The highest BCUT2D eigenvalue weighted by Gasteiger charge is 2.27. The first-order chi connectivity index (χ1) is 10.5. The summed E-state index contributed by atoms with van der Waals surface area (Å²) in [6, 6.07) is 8.46. The van der Waals surface area contributed by atoms with Crippen LogP contribution < -0.4 is 4.90 Å². The Balaban J connectivity index is 2.04. The molecule has 1 aliphatic heterocycles. The highest BCUT2D eigenvalue weighted by Crippen LogP contribution is 2.28. The molecular weight excluding hydrogens is 296 g/mol. The van der Waals surface area contributed by atoms with E-state index in [1.807, 2.05) is 6.92 Å². The number of piperazine rings is 1. The first-order valence-electron chi connectivity index (χ1n) is 8.27. The third-order valence-corrected chi connectivity index (χ3v) is 6.24. The van der Waals surface area contributed by atoms with Crippen LogP contribution in [0.2, 0.25) is 0 Å². The van der Waals surface area contributed by atoms with Gasteiger partial charge in [-0.2, -0.15) is 4.31 Å². The van der Waals surface area contributed by atoms with Crippen molar-refractivity contribution < 1.29 is 8.42 Å². The van der Waals surface area contributed by atoms with Crippen LogP contribution in [0.1, 0.15) is 45.1 Å². The second-order valence-electron chi connectivity index (χ2n) is 6.27. The van der Waals surface area contributed by atoms with E-state index in [1.165, 1.54) is 11.3 Å². The van der Waals surface area contributed by atoms with Crippen molar-refractivity contribution in [1.29, 1.82) is 0 Å². The molecule has 0 aromatic heterocycles. The van der Waals surface area contributed by atoms with Crippen LogP contribution in [0.3, 0.4) is 0 Å². The van der Waals surface area contributed by atoms with E-state index >= 15 is 0 Å². The summed E-state index contributed by atoms with van der Waals surface area (Å²) in [7, 11) is -3.07. The van der Waals surface area contributed by atoms with Crippen LogP contribution in [0.5, 0.6) is 0 Å². The Morgan fingerprint density at radius 3 is 2.32 bits per heavy atom. The molecule has 124 valence electrons. The number of hydrogen-bond acceptors (Lipinski definition) is 3. The van der Waals surface area contributed by atoms with E-state index in [0.29, 0.717) is 19.0 Å². The van der Waals surface area contributed by atoms with E-state index in [2.05, 4.69) is 43.0 Å². The molecule has 1 aromatic carbocycles. The number of unbranched alkanes of at least 4 members (excludes halogenated alkanes) is 1. The van der Waals surface area contributed by atoms with Gasteiger partial charge in [0.1, 0.15) is 0 Å². The third-order valence-electron chi connectivity index (χ3n) is 4.29. The minimum atomic E-state index is -3.07. The van der Waals surface area contributed by atoms with Crippen molar-refractivity contribution in [3.63, 3.8) is 0 Å². The van der Waals surface area contributed by atoms with E-state index in [-0.39, 0.29) is 5.75 Å². The largest absolute Gasteiger partial charge is 0.369 e. The normalized spacial score (nSPS) is 17.2. The van der Waals surface area contributed by atoms with Crippen LogP contribution in [0.4, 0.5) is 5.69 Å². The first-order valence-corrected chi connectivity index (χ1v) is 9.88. The summed E-state index contributed by atoms with van der Waals surface area (Å²) in [4.78, 5) is 2.32. The summed E-state index contributed by atoms with van der Waals surface area (Å²) in [5.74, 6) is 0.758. The van der Waals surface area contributed by atoms with Crippen LogP contribution in [0.15, 0.2) is 24.3 Å². The van der Waals surface area contributed by atoms with Crippen molar-refractivity contribution in [2.75, 3.05) is 36.8 Å². The van der Waals surface area contributed by atoms with Crippen LogP contribution in [-0.4, -0.2) is 44.7 Å². The van der Waals surface area contributed by atoms with E-state index in [4.69, 9.17) is 0 Å². The van der Waals surface area contributed by atoms with Gasteiger partial charge in [-0.1, -0.05) is 45.4 Å². The van der Waals surface area contributed by atoms with E-state index in [0.717, 1.165) is 25.9 Å². The Morgan fingerprint density at radius 1 is 1.09 bits per heavy atom. The van der Waals surface area contributed by atoms with Gasteiger partial charge in [0.05, 0.1) is 5.75 Å². The van der Waals surface area contributed by atoms with Crippen LogP contribution >= 0.6 is 0 Å². The van der Waals surface area contributed by atoms with Crippen LogP contribution in [-0.2, 0) is 10.0 Å². The zero-order valence-electron chi connectivity index (χ0n) is 14.0. The molecule has 22 heavy (non-hydrogen) atoms. The molecule has 0 saturated carbocycles. The number of nitrogens with zero attached hydrogens (tertiary/aromatic N) is 2. The van der Waals surface area contributed by atoms with Gasteiger partial charge >= 0.3 is 0 Å². The van der Waals surface area contributed by atoms with Crippen molar-refractivity contribution in [2.45, 2.75) is 39.5 Å². The van der Waals surface area contributed by atoms with Crippen molar-refractivity contribution in [3.8, 4) is 0 Å². The lowest BCUT2D eigenvalue weighted by atomic mass is 10.00. The summed E-state index contributed by atoms with van der Waals surface area (Å²) >= 11 is 0. The first kappa shape index (κ1) is 17.3. The fraction of sp³-hybridized carbons (Fsp3) is 0.647. The molecule has 0 radical (unpaired) electrons. The van der Waals surface area contributed by atoms with Crippen LogP contribution in [0, 0.1) is 0 Å². The molecule has 2 rings (SSSR count). The molecule has 0 N–H and O–H groups in total. The summed E-state index contributed by atoms with van der Waals surface area (Å²) in [5, 5.41) is 0. The standard InChI is InChI=1S/C17H28N2O2S/c1-4-5-14-22(20,21)19-12-10-18(11-13-19)17-9-7-6-8-16(17)15(2)3/h6-9,15H,4-5,10-14H2,1-3H3. The second-order valence-corrected chi connectivity index (χ2v) is 8.36. The Labute approximate surface area is 135 Å². The van der Waals surface area contributed by atoms with Crippen molar-refractivity contribution in [2.24, 2.45) is 0 Å². The van der Waals surface area contributed by atoms with Gasteiger partial charge in [0.25, 0.3) is 0 Å². The number of benzene rings is 1. The smallest absolute Gasteiger partial charge is 0.214 e. The molecule has 0 bridgehead atoms. The van der Waals surface area contributed by atoms with E-state index in [9.17, 15) is 8.42 Å². The molecule has 0 atom stereocenters. The average molecular weight is 324 g/mol. The summed E-state index contributed by atoms with van der Waals surface area (Å²) in [6.45, 7) is 9.16. The fourth-order valence-electron chi connectivity index (χ4n) is 2.93. The molecule has 1 fully saturated rings. The van der Waals surface area contributed by atoms with Crippen molar-refractivity contribution >= 4 is 15.7 Å². The maximum Gasteiger partial charge on any atom is 0.214 e. The second kappa shape index (κ2) is 7.47. The molecule has 0 amide bonds. The lowest BCUT2D eigenvalue weighted by Gasteiger charge is -2.36. The quantitative estimate of drug-likeness (QED) is 0.807. The minimum Gasteiger partial charge on any atom is -0.369 e. The summed E-state index contributed by atoms with van der Waals surface area (Å²) in [5.41, 5.74) is 2.59. The zero-order valence-corrected chi connectivity index (χ0v) is 14.8. The van der Waals surface area contributed by atoms with Gasteiger partial charge < -0.3 is 4.90 Å². The monoisotopic (exact) mass is 324 g/mol.